The topological polar surface area (TPSA) is 66.9 Å². The van der Waals surface area contributed by atoms with Crippen molar-refractivity contribution in [1.82, 2.24) is 0 Å². The first-order valence-corrected chi connectivity index (χ1v) is 10.6. The van der Waals surface area contributed by atoms with Gasteiger partial charge in [-0.1, -0.05) is 41.9 Å². The lowest BCUT2D eigenvalue weighted by atomic mass is 10.2. The van der Waals surface area contributed by atoms with Gasteiger partial charge in [0.05, 0.1) is 25.0 Å². The number of hydrogen-bond donors (Lipinski definition) is 0. The molecule has 0 N–H and O–H groups in total. The fraction of sp³-hybridized carbons (Fsp3) is 0.0952. The number of fused-ring (bicyclic) bond motifs is 1. The van der Waals surface area contributed by atoms with Crippen LogP contribution in [0.5, 0.6) is 5.75 Å². The highest BCUT2D eigenvalue weighted by atomic mass is 35.5. The van der Waals surface area contributed by atoms with Crippen molar-refractivity contribution < 1.29 is 17.9 Å². The third-order valence-electron chi connectivity index (χ3n) is 4.62. The van der Waals surface area contributed by atoms with Crippen molar-refractivity contribution in [1.29, 1.82) is 0 Å². The number of methoxy groups -OCH3 is 1. The zero-order valence-corrected chi connectivity index (χ0v) is 17.0. The molecule has 0 bridgehead atoms. The lowest BCUT2D eigenvalue weighted by molar-refractivity contribution is 0.253. The maximum Gasteiger partial charge on any atom is 0.343 e. The molecule has 0 aromatic heterocycles. The van der Waals surface area contributed by atoms with Gasteiger partial charge in [-0.25, -0.2) is 13.2 Å². The van der Waals surface area contributed by atoms with E-state index in [4.69, 9.17) is 16.3 Å². The summed E-state index contributed by atoms with van der Waals surface area (Å²) < 4.78 is 32.6. The summed E-state index contributed by atoms with van der Waals surface area (Å²) >= 11 is 5.95. The van der Waals surface area contributed by atoms with Gasteiger partial charge < -0.3 is 4.74 Å². The average Bonchev–Trinajstić information content (AvgIpc) is 2.72. The lowest BCUT2D eigenvalue weighted by Gasteiger charge is -2.36. The van der Waals surface area contributed by atoms with Crippen molar-refractivity contribution in [3.8, 4) is 5.75 Å². The van der Waals surface area contributed by atoms with Gasteiger partial charge in [0.2, 0.25) is 0 Å². The molecule has 0 spiro atoms. The lowest BCUT2D eigenvalue weighted by Crippen LogP contribution is -2.50. The van der Waals surface area contributed by atoms with Gasteiger partial charge in [0.15, 0.2) is 0 Å². The van der Waals surface area contributed by atoms with Crippen LogP contribution in [0.2, 0.25) is 5.02 Å². The van der Waals surface area contributed by atoms with Gasteiger partial charge in [0.1, 0.15) is 10.6 Å². The molecule has 0 saturated heterocycles. The predicted molar refractivity (Wildman–Crippen MR) is 112 cm³/mol. The van der Waals surface area contributed by atoms with Gasteiger partial charge in [-0.3, -0.25) is 4.90 Å². The number of amides is 2. The Kier molecular flexibility index (Phi) is 4.94. The molecule has 29 heavy (non-hydrogen) atoms. The van der Waals surface area contributed by atoms with E-state index in [1.165, 1.54) is 24.1 Å². The molecule has 0 radical (unpaired) electrons. The Labute approximate surface area is 173 Å². The monoisotopic (exact) mass is 428 g/mol. The van der Waals surface area contributed by atoms with Crippen LogP contribution in [-0.2, 0) is 16.6 Å². The van der Waals surface area contributed by atoms with Crippen LogP contribution in [-0.4, -0.2) is 21.6 Å². The minimum absolute atomic E-state index is 0.0661. The average molecular weight is 429 g/mol. The minimum Gasteiger partial charge on any atom is -0.497 e. The number of halogens is 1. The Morgan fingerprint density at radius 2 is 1.69 bits per heavy atom. The fourth-order valence-corrected chi connectivity index (χ4v) is 4.93. The number of urea groups is 1. The first-order chi connectivity index (χ1) is 13.9. The summed E-state index contributed by atoms with van der Waals surface area (Å²) in [6.07, 6.45) is 0. The zero-order valence-electron chi connectivity index (χ0n) is 15.4. The Morgan fingerprint density at radius 1 is 0.966 bits per heavy atom. The van der Waals surface area contributed by atoms with E-state index in [1.54, 1.807) is 60.7 Å². The molecule has 0 fully saturated rings. The number of carbonyl (C=O) groups is 1. The summed E-state index contributed by atoms with van der Waals surface area (Å²) in [5.74, 6) is 0.452. The molecule has 0 saturated carbocycles. The Balaban J connectivity index is 1.85. The number of sulfonamides is 1. The number of rotatable bonds is 4. The summed E-state index contributed by atoms with van der Waals surface area (Å²) in [5, 5.41) is 0.583. The predicted octanol–water partition coefficient (Wildman–Crippen LogP) is 4.68. The van der Waals surface area contributed by atoms with Crippen molar-refractivity contribution in [3.05, 3.63) is 83.4 Å². The third-order valence-corrected chi connectivity index (χ3v) is 6.62. The van der Waals surface area contributed by atoms with Crippen LogP contribution in [0.3, 0.4) is 0 Å². The number of hydrogen-bond acceptors (Lipinski definition) is 4. The number of nitrogens with zero attached hydrogens (tertiary/aromatic N) is 2. The van der Waals surface area contributed by atoms with Gasteiger partial charge in [0, 0.05) is 11.1 Å². The second-order valence-corrected chi connectivity index (χ2v) is 8.63. The van der Waals surface area contributed by atoms with Gasteiger partial charge in [-0.2, -0.15) is 4.31 Å². The normalized spacial score (nSPS) is 15.2. The number of benzene rings is 3. The highest BCUT2D eigenvalue weighted by molar-refractivity contribution is 7.94. The molecule has 1 aliphatic rings. The van der Waals surface area contributed by atoms with E-state index in [2.05, 4.69) is 0 Å². The van der Waals surface area contributed by atoms with E-state index in [0.717, 1.165) is 9.87 Å². The first-order valence-electron chi connectivity index (χ1n) is 8.76. The molecule has 148 valence electrons. The standard InChI is InChI=1S/C21H17ClN2O4S/c1-28-18-6-4-5-17(13-18)24-21(25)23(14-15-9-11-16(22)12-10-15)19-7-2-3-8-20(19)29(24,26)27/h2-13H,14H2,1H3. The van der Waals surface area contributed by atoms with Crippen LogP contribution in [0.1, 0.15) is 5.56 Å². The summed E-state index contributed by atoms with van der Waals surface area (Å²) in [7, 11) is -2.60. The Bertz CT molecular complexity index is 1180. The van der Waals surface area contributed by atoms with Gasteiger partial charge in [-0.15, -0.1) is 0 Å². The van der Waals surface area contributed by atoms with E-state index in [1.807, 2.05) is 0 Å². The molecule has 0 atom stereocenters. The number of anilines is 2. The molecule has 1 aliphatic heterocycles. The molecule has 3 aromatic rings. The van der Waals surface area contributed by atoms with Crippen molar-refractivity contribution in [2.45, 2.75) is 11.4 Å². The molecule has 3 aromatic carbocycles. The van der Waals surface area contributed by atoms with Gasteiger partial charge in [0.25, 0.3) is 10.0 Å². The highest BCUT2D eigenvalue weighted by Gasteiger charge is 2.42. The van der Waals surface area contributed by atoms with Crippen molar-refractivity contribution in [2.24, 2.45) is 0 Å². The smallest absolute Gasteiger partial charge is 0.343 e. The van der Waals surface area contributed by atoms with Crippen LogP contribution in [0.15, 0.2) is 77.7 Å². The molecular formula is C21H17ClN2O4S. The van der Waals surface area contributed by atoms with E-state index in [9.17, 15) is 13.2 Å². The van der Waals surface area contributed by atoms with Gasteiger partial charge in [-0.05, 0) is 42.0 Å². The Morgan fingerprint density at radius 3 is 2.41 bits per heavy atom. The molecule has 8 heteroatoms. The summed E-state index contributed by atoms with van der Waals surface area (Å²) in [6.45, 7) is 0.197. The van der Waals surface area contributed by atoms with Crippen LogP contribution in [0.25, 0.3) is 0 Å². The molecule has 1 heterocycles. The molecule has 6 nitrogen and oxygen atoms in total. The number of ether oxygens (including phenoxy) is 1. The molecule has 4 rings (SSSR count). The van der Waals surface area contributed by atoms with Crippen molar-refractivity contribution >= 4 is 39.0 Å². The zero-order chi connectivity index (χ0) is 20.6. The van der Waals surface area contributed by atoms with Crippen LogP contribution in [0.4, 0.5) is 16.2 Å². The highest BCUT2D eigenvalue weighted by Crippen LogP contribution is 2.38. The summed E-state index contributed by atoms with van der Waals surface area (Å²) in [5.41, 5.74) is 1.37. The largest absolute Gasteiger partial charge is 0.497 e. The molecular weight excluding hydrogens is 412 g/mol. The van der Waals surface area contributed by atoms with Gasteiger partial charge >= 0.3 is 6.03 Å². The quantitative estimate of drug-likeness (QED) is 0.605. The summed E-state index contributed by atoms with van der Waals surface area (Å²) in [6, 6.07) is 19.3. The maximum atomic E-state index is 13.4. The number of para-hydroxylation sites is 1. The van der Waals surface area contributed by atoms with E-state index >= 15 is 0 Å². The van der Waals surface area contributed by atoms with E-state index in [-0.39, 0.29) is 17.1 Å². The fourth-order valence-electron chi connectivity index (χ4n) is 3.22. The SMILES string of the molecule is COc1cccc(N2C(=O)N(Cc3ccc(Cl)cc3)c3ccccc3S2(=O)=O)c1. The molecule has 0 unspecified atom stereocenters. The third kappa shape index (κ3) is 3.43. The Hall–Kier alpha value is -3.03. The van der Waals surface area contributed by atoms with Crippen LogP contribution in [0, 0.1) is 0 Å². The van der Waals surface area contributed by atoms with Crippen molar-refractivity contribution in [2.75, 3.05) is 16.3 Å². The second kappa shape index (κ2) is 7.42. The number of carbonyl (C=O) groups excluding carboxylic acids is 1. The van der Waals surface area contributed by atoms with E-state index in [0.29, 0.717) is 16.5 Å². The van der Waals surface area contributed by atoms with Crippen LogP contribution < -0.4 is 13.9 Å². The maximum absolute atomic E-state index is 13.4. The summed E-state index contributed by atoms with van der Waals surface area (Å²) in [4.78, 5) is 14.9. The van der Waals surface area contributed by atoms with Crippen LogP contribution >= 0.6 is 11.6 Å². The molecule has 0 aliphatic carbocycles. The molecule has 2 amide bonds. The minimum atomic E-state index is -4.08. The second-order valence-electron chi connectivity index (χ2n) is 6.43. The van der Waals surface area contributed by atoms with E-state index < -0.39 is 16.1 Å². The van der Waals surface area contributed by atoms with Crippen molar-refractivity contribution in [3.63, 3.8) is 0 Å². The first kappa shape index (κ1) is 19.3.